The lowest BCUT2D eigenvalue weighted by molar-refractivity contribution is 0.0788. The molecular weight excluding hydrogens is 332 g/mol. The Bertz CT molecular complexity index is 906. The molecule has 0 aliphatic carbocycles. The van der Waals surface area contributed by atoms with Crippen molar-refractivity contribution in [1.82, 2.24) is 9.55 Å². The van der Waals surface area contributed by atoms with Gasteiger partial charge < -0.3 is 23.5 Å². The monoisotopic (exact) mass is 352 g/mol. The van der Waals surface area contributed by atoms with Crippen LogP contribution in [0.1, 0.15) is 0 Å². The molecule has 1 aliphatic heterocycles. The molecule has 0 N–H and O–H groups in total. The van der Waals surface area contributed by atoms with Gasteiger partial charge in [-0.15, -0.1) is 0 Å². The summed E-state index contributed by atoms with van der Waals surface area (Å²) in [4.78, 5) is 4.51. The molecule has 0 saturated heterocycles. The van der Waals surface area contributed by atoms with E-state index in [9.17, 15) is 0 Å². The number of aromatic nitrogens is 2. The topological polar surface area (TPSA) is 54.7 Å². The van der Waals surface area contributed by atoms with Crippen LogP contribution in [0.2, 0.25) is 0 Å². The summed E-state index contributed by atoms with van der Waals surface area (Å²) in [6, 6.07) is 13.5. The largest absolute Gasteiger partial charge is 0.493 e. The van der Waals surface area contributed by atoms with Crippen LogP contribution in [0.15, 0.2) is 54.9 Å². The van der Waals surface area contributed by atoms with Crippen molar-refractivity contribution in [2.75, 3.05) is 20.8 Å². The van der Waals surface area contributed by atoms with Crippen LogP contribution < -0.4 is 18.9 Å². The van der Waals surface area contributed by atoms with Crippen molar-refractivity contribution in [3.05, 3.63) is 54.9 Å². The van der Waals surface area contributed by atoms with Crippen molar-refractivity contribution >= 4 is 0 Å². The van der Waals surface area contributed by atoms with Gasteiger partial charge in [-0.05, 0) is 24.3 Å². The van der Waals surface area contributed by atoms with Crippen LogP contribution in [0.3, 0.4) is 0 Å². The number of imidazole rings is 1. The van der Waals surface area contributed by atoms with E-state index in [1.165, 1.54) is 0 Å². The Morgan fingerprint density at radius 1 is 1.08 bits per heavy atom. The van der Waals surface area contributed by atoms with Gasteiger partial charge in [0.1, 0.15) is 12.4 Å². The minimum Gasteiger partial charge on any atom is -0.493 e. The van der Waals surface area contributed by atoms with Gasteiger partial charge in [-0.25, -0.2) is 4.98 Å². The molecule has 4 rings (SSSR count). The summed E-state index contributed by atoms with van der Waals surface area (Å²) >= 11 is 0. The first-order valence-corrected chi connectivity index (χ1v) is 8.41. The molecule has 26 heavy (non-hydrogen) atoms. The molecule has 6 heteroatoms. The van der Waals surface area contributed by atoms with Gasteiger partial charge in [0.15, 0.2) is 29.1 Å². The molecule has 2 aromatic carbocycles. The molecule has 0 radical (unpaired) electrons. The molecule has 1 aromatic heterocycles. The maximum atomic E-state index is 6.07. The fraction of sp³-hybridized carbons (Fsp3) is 0.250. The first kappa shape index (κ1) is 16.3. The van der Waals surface area contributed by atoms with Crippen molar-refractivity contribution in [3.63, 3.8) is 0 Å². The average molecular weight is 352 g/mol. The van der Waals surface area contributed by atoms with Crippen molar-refractivity contribution in [2.24, 2.45) is 0 Å². The Labute approximate surface area is 151 Å². The second kappa shape index (κ2) is 7.00. The number of fused-ring (bicyclic) bond motifs is 1. The van der Waals surface area contributed by atoms with Gasteiger partial charge >= 0.3 is 0 Å². The quantitative estimate of drug-likeness (QED) is 0.704. The predicted molar refractivity (Wildman–Crippen MR) is 97.1 cm³/mol. The molecule has 1 aliphatic rings. The summed E-state index contributed by atoms with van der Waals surface area (Å²) in [5.74, 6) is 3.68. The standard InChI is InChI=1S/C20H20N2O4/c1-23-18-9-5-6-15(19(18)24-2)20-21-10-11-22(20)12-14-13-25-16-7-3-4-8-17(16)26-14/h3-11,14H,12-13H2,1-2H3/t14-/m0/s1. The van der Waals surface area contributed by atoms with E-state index < -0.39 is 0 Å². The molecular formula is C20H20N2O4. The van der Waals surface area contributed by atoms with E-state index in [0.717, 1.165) is 22.9 Å². The number of nitrogens with zero attached hydrogens (tertiary/aromatic N) is 2. The van der Waals surface area contributed by atoms with Crippen molar-refractivity contribution in [3.8, 4) is 34.4 Å². The average Bonchev–Trinajstić information content (AvgIpc) is 3.15. The highest BCUT2D eigenvalue weighted by Crippen LogP contribution is 2.37. The van der Waals surface area contributed by atoms with Gasteiger partial charge in [-0.3, -0.25) is 0 Å². The van der Waals surface area contributed by atoms with E-state index >= 15 is 0 Å². The molecule has 0 fully saturated rings. The third-order valence-electron chi connectivity index (χ3n) is 4.33. The van der Waals surface area contributed by atoms with Crippen LogP contribution in [0.5, 0.6) is 23.0 Å². The molecule has 0 bridgehead atoms. The van der Waals surface area contributed by atoms with Gasteiger partial charge in [-0.1, -0.05) is 18.2 Å². The van der Waals surface area contributed by atoms with Crippen LogP contribution in [0.4, 0.5) is 0 Å². The minimum atomic E-state index is -0.102. The number of hydrogen-bond donors (Lipinski definition) is 0. The van der Waals surface area contributed by atoms with E-state index in [4.69, 9.17) is 18.9 Å². The summed E-state index contributed by atoms with van der Waals surface area (Å²) in [7, 11) is 3.25. The Kier molecular flexibility index (Phi) is 4.39. The Hall–Kier alpha value is -3.15. The normalized spacial score (nSPS) is 15.5. The van der Waals surface area contributed by atoms with Crippen LogP contribution >= 0.6 is 0 Å². The smallest absolute Gasteiger partial charge is 0.171 e. The number of para-hydroxylation sites is 3. The van der Waals surface area contributed by atoms with Crippen LogP contribution in [-0.4, -0.2) is 36.5 Å². The second-order valence-electron chi connectivity index (χ2n) is 5.94. The van der Waals surface area contributed by atoms with Gasteiger partial charge in [-0.2, -0.15) is 0 Å². The highest BCUT2D eigenvalue weighted by atomic mass is 16.6. The summed E-state index contributed by atoms with van der Waals surface area (Å²) < 4.78 is 24.9. The van der Waals surface area contributed by atoms with Gasteiger partial charge in [0.05, 0.1) is 26.3 Å². The first-order valence-electron chi connectivity index (χ1n) is 8.41. The van der Waals surface area contributed by atoms with E-state index in [-0.39, 0.29) is 6.10 Å². The molecule has 3 aromatic rings. The molecule has 6 nitrogen and oxygen atoms in total. The lowest BCUT2D eigenvalue weighted by Crippen LogP contribution is -2.33. The Morgan fingerprint density at radius 2 is 1.92 bits per heavy atom. The van der Waals surface area contributed by atoms with Crippen LogP contribution in [0.25, 0.3) is 11.4 Å². The zero-order valence-corrected chi connectivity index (χ0v) is 14.7. The number of methoxy groups -OCH3 is 2. The van der Waals surface area contributed by atoms with Gasteiger partial charge in [0.2, 0.25) is 0 Å². The molecule has 0 saturated carbocycles. The molecule has 0 amide bonds. The SMILES string of the molecule is COc1cccc(-c2nccn2C[C@H]2COc3ccccc3O2)c1OC. The summed E-state index contributed by atoms with van der Waals surface area (Å²) in [6.45, 7) is 1.11. The minimum absolute atomic E-state index is 0.102. The third-order valence-corrected chi connectivity index (χ3v) is 4.33. The van der Waals surface area contributed by atoms with Crippen LogP contribution in [0, 0.1) is 0 Å². The summed E-state index contributed by atoms with van der Waals surface area (Å²) in [5, 5.41) is 0. The zero-order valence-electron chi connectivity index (χ0n) is 14.7. The lowest BCUT2D eigenvalue weighted by atomic mass is 10.1. The zero-order chi connectivity index (χ0) is 17.9. The fourth-order valence-corrected chi connectivity index (χ4v) is 3.14. The molecule has 134 valence electrons. The van der Waals surface area contributed by atoms with E-state index in [2.05, 4.69) is 4.98 Å². The Balaban J connectivity index is 1.61. The van der Waals surface area contributed by atoms with Crippen molar-refractivity contribution in [1.29, 1.82) is 0 Å². The third kappa shape index (κ3) is 2.94. The number of benzene rings is 2. The van der Waals surface area contributed by atoms with Crippen LogP contribution in [-0.2, 0) is 6.54 Å². The first-order chi connectivity index (χ1) is 12.8. The van der Waals surface area contributed by atoms with Crippen molar-refractivity contribution in [2.45, 2.75) is 12.6 Å². The number of hydrogen-bond acceptors (Lipinski definition) is 5. The lowest BCUT2D eigenvalue weighted by Gasteiger charge is -2.27. The van der Waals surface area contributed by atoms with Gasteiger partial charge in [0, 0.05) is 12.4 Å². The Morgan fingerprint density at radius 3 is 2.73 bits per heavy atom. The summed E-state index contributed by atoms with van der Waals surface area (Å²) in [5.41, 5.74) is 0.869. The molecule has 2 heterocycles. The van der Waals surface area contributed by atoms with Crippen molar-refractivity contribution < 1.29 is 18.9 Å². The van der Waals surface area contributed by atoms with E-state index in [1.54, 1.807) is 20.4 Å². The maximum Gasteiger partial charge on any atom is 0.171 e. The summed E-state index contributed by atoms with van der Waals surface area (Å²) in [6.07, 6.45) is 3.60. The highest BCUT2D eigenvalue weighted by Gasteiger charge is 2.23. The van der Waals surface area contributed by atoms with E-state index in [0.29, 0.717) is 24.7 Å². The predicted octanol–water partition coefficient (Wildman–Crippen LogP) is 3.41. The molecule has 0 spiro atoms. The number of rotatable bonds is 5. The molecule has 0 unspecified atom stereocenters. The second-order valence-corrected chi connectivity index (χ2v) is 5.94. The number of ether oxygens (including phenoxy) is 4. The molecule has 1 atom stereocenters. The fourth-order valence-electron chi connectivity index (χ4n) is 3.14. The highest BCUT2D eigenvalue weighted by molar-refractivity contribution is 5.69. The maximum absolute atomic E-state index is 6.07. The van der Waals surface area contributed by atoms with E-state index in [1.807, 2.05) is 53.2 Å². The van der Waals surface area contributed by atoms with Gasteiger partial charge in [0.25, 0.3) is 0 Å².